The van der Waals surface area contributed by atoms with E-state index in [1.54, 1.807) is 54.6 Å². The molecule has 5 rings (SSSR count). The number of likely N-dealkylation sites (tertiary alicyclic amines) is 1. The van der Waals surface area contributed by atoms with Crippen LogP contribution >= 0.6 is 0 Å². The lowest BCUT2D eigenvalue weighted by molar-refractivity contribution is -0.140. The second kappa shape index (κ2) is 9.77. The Bertz CT molecular complexity index is 1410. The summed E-state index contributed by atoms with van der Waals surface area (Å²) in [5, 5.41) is 11.4. The van der Waals surface area contributed by atoms with Crippen molar-refractivity contribution in [2.45, 2.75) is 12.6 Å². The van der Waals surface area contributed by atoms with Crippen LogP contribution in [0.3, 0.4) is 0 Å². The van der Waals surface area contributed by atoms with Crippen LogP contribution < -0.4 is 23.7 Å². The third kappa shape index (κ3) is 4.29. The molecule has 0 saturated carbocycles. The third-order valence-electron chi connectivity index (χ3n) is 6.40. The fraction of sp³-hybridized carbons (Fsp3) is 0.214. The first kappa shape index (κ1) is 24.1. The van der Waals surface area contributed by atoms with Gasteiger partial charge in [-0.15, -0.1) is 0 Å². The van der Waals surface area contributed by atoms with Gasteiger partial charge in [0.25, 0.3) is 11.7 Å². The molecule has 3 aromatic rings. The van der Waals surface area contributed by atoms with Gasteiger partial charge in [-0.05, 0) is 47.5 Å². The SMILES string of the molecule is COc1cccc(C2/C(=C(\O)c3ccc(OC)cc3OC)C(=O)C(=O)N2Cc2ccc3c(c2)OCO3)c1. The van der Waals surface area contributed by atoms with E-state index in [0.717, 1.165) is 5.56 Å². The van der Waals surface area contributed by atoms with Crippen molar-refractivity contribution in [2.24, 2.45) is 0 Å². The number of aliphatic hydroxyl groups excluding tert-OH is 1. The van der Waals surface area contributed by atoms with E-state index < -0.39 is 17.7 Å². The van der Waals surface area contributed by atoms with Gasteiger partial charge in [0.1, 0.15) is 23.0 Å². The van der Waals surface area contributed by atoms with Gasteiger partial charge in [-0.25, -0.2) is 0 Å². The molecule has 1 amide bonds. The Morgan fingerprint density at radius 3 is 2.43 bits per heavy atom. The Labute approximate surface area is 213 Å². The maximum absolute atomic E-state index is 13.4. The number of rotatable bonds is 7. The quantitative estimate of drug-likeness (QED) is 0.293. The van der Waals surface area contributed by atoms with Gasteiger partial charge in [0.15, 0.2) is 11.5 Å². The average molecular weight is 504 g/mol. The third-order valence-corrected chi connectivity index (χ3v) is 6.40. The molecule has 0 spiro atoms. The number of aliphatic hydroxyl groups is 1. The van der Waals surface area contributed by atoms with E-state index in [2.05, 4.69) is 0 Å². The summed E-state index contributed by atoms with van der Waals surface area (Å²) < 4.78 is 26.9. The summed E-state index contributed by atoms with van der Waals surface area (Å²) in [6.07, 6.45) is 0. The van der Waals surface area contributed by atoms with E-state index in [0.29, 0.717) is 34.3 Å². The van der Waals surface area contributed by atoms with Crippen molar-refractivity contribution < 1.29 is 38.4 Å². The van der Waals surface area contributed by atoms with Crippen LogP contribution in [0.25, 0.3) is 5.76 Å². The van der Waals surface area contributed by atoms with E-state index in [4.69, 9.17) is 23.7 Å². The first-order valence-electron chi connectivity index (χ1n) is 11.5. The summed E-state index contributed by atoms with van der Waals surface area (Å²) in [6, 6.07) is 16.3. The monoisotopic (exact) mass is 503 g/mol. The topological polar surface area (TPSA) is 104 Å². The number of hydrogen-bond donors (Lipinski definition) is 1. The molecule has 9 heteroatoms. The van der Waals surface area contributed by atoms with Gasteiger partial charge in [-0.2, -0.15) is 0 Å². The Kier molecular flexibility index (Phi) is 6.35. The minimum Gasteiger partial charge on any atom is -0.507 e. The van der Waals surface area contributed by atoms with Crippen molar-refractivity contribution in [3.8, 4) is 28.7 Å². The van der Waals surface area contributed by atoms with Gasteiger partial charge >= 0.3 is 0 Å². The Morgan fingerprint density at radius 2 is 1.68 bits per heavy atom. The fourth-order valence-electron chi connectivity index (χ4n) is 4.58. The molecule has 2 heterocycles. The number of ketones is 1. The Morgan fingerprint density at radius 1 is 0.919 bits per heavy atom. The molecule has 0 aliphatic carbocycles. The molecule has 1 fully saturated rings. The summed E-state index contributed by atoms with van der Waals surface area (Å²) in [5.41, 5.74) is 1.55. The van der Waals surface area contributed by atoms with E-state index in [-0.39, 0.29) is 30.2 Å². The van der Waals surface area contributed by atoms with Gasteiger partial charge in [0.2, 0.25) is 6.79 Å². The second-order valence-corrected chi connectivity index (χ2v) is 8.46. The summed E-state index contributed by atoms with van der Waals surface area (Å²) in [4.78, 5) is 28.2. The highest BCUT2D eigenvalue weighted by Crippen LogP contribution is 2.43. The number of Topliss-reactive ketones (excluding diaryl/α,β-unsaturated/α-hetero) is 1. The van der Waals surface area contributed by atoms with Gasteiger partial charge in [0, 0.05) is 12.6 Å². The van der Waals surface area contributed by atoms with Crippen molar-refractivity contribution in [1.82, 2.24) is 4.90 Å². The highest BCUT2D eigenvalue weighted by Gasteiger charge is 2.46. The molecular formula is C28H25NO8. The molecule has 9 nitrogen and oxygen atoms in total. The van der Waals surface area contributed by atoms with Gasteiger partial charge in [-0.3, -0.25) is 9.59 Å². The van der Waals surface area contributed by atoms with Crippen LogP contribution in [0.1, 0.15) is 22.7 Å². The summed E-state index contributed by atoms with van der Waals surface area (Å²) in [6.45, 7) is 0.219. The number of amides is 1. The van der Waals surface area contributed by atoms with Crippen molar-refractivity contribution in [3.63, 3.8) is 0 Å². The van der Waals surface area contributed by atoms with Crippen molar-refractivity contribution in [2.75, 3.05) is 28.1 Å². The molecule has 2 aliphatic rings. The number of hydrogen-bond acceptors (Lipinski definition) is 8. The van der Waals surface area contributed by atoms with Gasteiger partial charge in [0.05, 0.1) is 38.5 Å². The molecule has 2 aliphatic heterocycles. The number of ether oxygens (including phenoxy) is 5. The number of carbonyl (C=O) groups is 2. The highest BCUT2D eigenvalue weighted by atomic mass is 16.7. The molecule has 3 aromatic carbocycles. The van der Waals surface area contributed by atoms with Gasteiger partial charge in [-0.1, -0.05) is 18.2 Å². The van der Waals surface area contributed by atoms with E-state index in [1.165, 1.54) is 26.2 Å². The van der Waals surface area contributed by atoms with E-state index in [9.17, 15) is 14.7 Å². The molecule has 0 radical (unpaired) electrons. The molecule has 0 bridgehead atoms. The van der Waals surface area contributed by atoms with Gasteiger partial charge < -0.3 is 33.7 Å². The van der Waals surface area contributed by atoms with E-state index in [1.807, 2.05) is 6.07 Å². The van der Waals surface area contributed by atoms with Crippen LogP contribution in [0.5, 0.6) is 28.7 Å². The number of methoxy groups -OCH3 is 3. The lowest BCUT2D eigenvalue weighted by Crippen LogP contribution is -2.29. The zero-order chi connectivity index (χ0) is 26.1. The minimum atomic E-state index is -0.882. The summed E-state index contributed by atoms with van der Waals surface area (Å²) in [5.74, 6) is 0.649. The van der Waals surface area contributed by atoms with Crippen LogP contribution in [0.4, 0.5) is 0 Å². The lowest BCUT2D eigenvalue weighted by Gasteiger charge is -2.26. The van der Waals surface area contributed by atoms with Crippen molar-refractivity contribution in [3.05, 3.63) is 82.9 Å². The largest absolute Gasteiger partial charge is 0.507 e. The molecule has 1 unspecified atom stereocenters. The number of carbonyl (C=O) groups excluding carboxylic acids is 2. The van der Waals surface area contributed by atoms with Crippen LogP contribution in [-0.2, 0) is 16.1 Å². The summed E-state index contributed by atoms with van der Waals surface area (Å²) in [7, 11) is 4.49. The molecule has 1 atom stereocenters. The zero-order valence-electron chi connectivity index (χ0n) is 20.5. The number of fused-ring (bicyclic) bond motifs is 1. The van der Waals surface area contributed by atoms with Crippen LogP contribution in [-0.4, -0.2) is 49.8 Å². The molecule has 1 N–H and O–H groups in total. The standard InChI is InChI=1S/C28H25NO8/c1-33-18-6-4-5-17(12-18)25-24(26(30)20-9-8-19(34-2)13-22(20)35-3)27(31)28(32)29(25)14-16-7-10-21-23(11-16)37-15-36-21/h4-13,25,30H,14-15H2,1-3H3/b26-24+. The Hall–Kier alpha value is -4.66. The van der Waals surface area contributed by atoms with E-state index >= 15 is 0 Å². The van der Waals surface area contributed by atoms with Crippen LogP contribution in [0.2, 0.25) is 0 Å². The smallest absolute Gasteiger partial charge is 0.295 e. The average Bonchev–Trinajstić information content (AvgIpc) is 3.50. The Balaban J connectivity index is 1.65. The molecule has 0 aromatic heterocycles. The van der Waals surface area contributed by atoms with Crippen LogP contribution in [0, 0.1) is 0 Å². The van der Waals surface area contributed by atoms with Crippen molar-refractivity contribution >= 4 is 17.4 Å². The maximum atomic E-state index is 13.4. The van der Waals surface area contributed by atoms with Crippen LogP contribution in [0.15, 0.2) is 66.2 Å². The number of benzene rings is 3. The zero-order valence-corrected chi connectivity index (χ0v) is 20.5. The first-order chi connectivity index (χ1) is 17.9. The minimum absolute atomic E-state index is 0.0533. The van der Waals surface area contributed by atoms with Crippen molar-refractivity contribution in [1.29, 1.82) is 0 Å². The normalized spacial score (nSPS) is 17.7. The predicted molar refractivity (Wildman–Crippen MR) is 133 cm³/mol. The molecule has 190 valence electrons. The molecule has 1 saturated heterocycles. The maximum Gasteiger partial charge on any atom is 0.295 e. The fourth-order valence-corrected chi connectivity index (χ4v) is 4.58. The highest BCUT2D eigenvalue weighted by molar-refractivity contribution is 6.46. The number of nitrogens with zero attached hydrogens (tertiary/aromatic N) is 1. The molecule has 37 heavy (non-hydrogen) atoms. The second-order valence-electron chi connectivity index (χ2n) is 8.46. The predicted octanol–water partition coefficient (Wildman–Crippen LogP) is 4.06. The lowest BCUT2D eigenvalue weighted by atomic mass is 9.94. The first-order valence-corrected chi connectivity index (χ1v) is 11.5. The molecular weight excluding hydrogens is 478 g/mol. The summed E-state index contributed by atoms with van der Waals surface area (Å²) >= 11 is 0.